The lowest BCUT2D eigenvalue weighted by atomic mass is 9.99. The summed E-state index contributed by atoms with van der Waals surface area (Å²) < 4.78 is 15.1. The Kier molecular flexibility index (Phi) is 8.11. The number of methoxy groups -OCH3 is 1. The minimum atomic E-state index is -0.735. The summed E-state index contributed by atoms with van der Waals surface area (Å²) in [7, 11) is 1.25. The number of rotatable bonds is 8. The summed E-state index contributed by atoms with van der Waals surface area (Å²) in [5.74, 6) is -2.21. The predicted molar refractivity (Wildman–Crippen MR) is 91.4 cm³/mol. The third-order valence-electron chi connectivity index (χ3n) is 3.31. The molecule has 1 aromatic rings. The maximum Gasteiger partial charge on any atom is 0.309 e. The van der Waals surface area contributed by atoms with E-state index >= 15 is 0 Å². The van der Waals surface area contributed by atoms with Crippen molar-refractivity contribution >= 4 is 17.9 Å². The largest absolute Gasteiger partial charge is 0.469 e. The van der Waals surface area contributed by atoms with E-state index < -0.39 is 29.4 Å². The molecule has 0 N–H and O–H groups in total. The summed E-state index contributed by atoms with van der Waals surface area (Å²) >= 11 is 0. The van der Waals surface area contributed by atoms with Crippen molar-refractivity contribution in [3.8, 4) is 0 Å². The predicted octanol–water partition coefficient (Wildman–Crippen LogP) is 3.03. The standard InChI is InChI=1S/C19H26O6/c1-19(2,3)25-16(20)11-10-15(18(22)23-4)12-17(21)24-13-14-8-6-5-7-9-14/h5-9,15H,10-13H2,1-4H3/t15-/m1/s1. The second-order valence-electron chi connectivity index (χ2n) is 6.70. The number of benzene rings is 1. The number of ether oxygens (including phenoxy) is 3. The topological polar surface area (TPSA) is 78.9 Å². The number of carbonyl (C=O) groups is 3. The molecule has 1 rings (SSSR count). The highest BCUT2D eigenvalue weighted by molar-refractivity contribution is 5.80. The second-order valence-corrected chi connectivity index (χ2v) is 6.70. The van der Waals surface area contributed by atoms with Crippen molar-refractivity contribution in [3.63, 3.8) is 0 Å². The van der Waals surface area contributed by atoms with Gasteiger partial charge in [0.25, 0.3) is 0 Å². The van der Waals surface area contributed by atoms with Gasteiger partial charge in [0.05, 0.1) is 19.4 Å². The first-order chi connectivity index (χ1) is 11.7. The Hall–Kier alpha value is -2.37. The highest BCUT2D eigenvalue weighted by Crippen LogP contribution is 2.17. The first-order valence-corrected chi connectivity index (χ1v) is 8.20. The fraction of sp³-hybridized carbons (Fsp3) is 0.526. The van der Waals surface area contributed by atoms with Crippen LogP contribution in [0.4, 0.5) is 0 Å². The van der Waals surface area contributed by atoms with E-state index in [1.54, 1.807) is 20.8 Å². The van der Waals surface area contributed by atoms with Gasteiger partial charge in [-0.1, -0.05) is 30.3 Å². The molecule has 0 unspecified atom stereocenters. The first kappa shape index (κ1) is 20.7. The SMILES string of the molecule is COC(=O)[C@H](CCC(=O)OC(C)(C)C)CC(=O)OCc1ccccc1. The summed E-state index contributed by atoms with van der Waals surface area (Å²) in [5, 5.41) is 0. The Morgan fingerprint density at radius 2 is 1.68 bits per heavy atom. The van der Waals surface area contributed by atoms with Gasteiger partial charge in [-0.15, -0.1) is 0 Å². The molecule has 0 saturated carbocycles. The molecule has 0 bridgehead atoms. The van der Waals surface area contributed by atoms with E-state index in [1.807, 2.05) is 30.3 Å². The monoisotopic (exact) mass is 350 g/mol. The van der Waals surface area contributed by atoms with Gasteiger partial charge in [0.2, 0.25) is 0 Å². The molecule has 6 heteroatoms. The molecule has 6 nitrogen and oxygen atoms in total. The van der Waals surface area contributed by atoms with Crippen molar-refractivity contribution in [2.45, 2.75) is 52.2 Å². The van der Waals surface area contributed by atoms with Crippen LogP contribution in [0.25, 0.3) is 0 Å². The molecule has 0 saturated heterocycles. The van der Waals surface area contributed by atoms with E-state index in [0.29, 0.717) is 0 Å². The number of esters is 3. The molecule has 0 aliphatic carbocycles. The van der Waals surface area contributed by atoms with Crippen molar-refractivity contribution in [2.24, 2.45) is 5.92 Å². The normalized spacial score (nSPS) is 12.2. The van der Waals surface area contributed by atoms with Crippen LogP contribution in [0.15, 0.2) is 30.3 Å². The number of hydrogen-bond acceptors (Lipinski definition) is 6. The van der Waals surface area contributed by atoms with Gasteiger partial charge in [-0.25, -0.2) is 0 Å². The maximum atomic E-state index is 12.0. The van der Waals surface area contributed by atoms with E-state index in [4.69, 9.17) is 14.2 Å². The van der Waals surface area contributed by atoms with E-state index in [0.717, 1.165) is 5.56 Å². The van der Waals surface area contributed by atoms with Gasteiger partial charge >= 0.3 is 17.9 Å². The van der Waals surface area contributed by atoms with E-state index in [9.17, 15) is 14.4 Å². The summed E-state index contributed by atoms with van der Waals surface area (Å²) in [5.41, 5.74) is 0.270. The molecular formula is C19H26O6. The molecule has 1 atom stereocenters. The third kappa shape index (κ3) is 8.88. The van der Waals surface area contributed by atoms with Gasteiger partial charge < -0.3 is 14.2 Å². The molecule has 25 heavy (non-hydrogen) atoms. The highest BCUT2D eigenvalue weighted by Gasteiger charge is 2.26. The van der Waals surface area contributed by atoms with Crippen LogP contribution < -0.4 is 0 Å². The van der Waals surface area contributed by atoms with Crippen molar-refractivity contribution in [1.82, 2.24) is 0 Å². The fourth-order valence-electron chi connectivity index (χ4n) is 2.15. The van der Waals surface area contributed by atoms with Crippen LogP contribution in [0.3, 0.4) is 0 Å². The zero-order valence-electron chi connectivity index (χ0n) is 15.2. The van der Waals surface area contributed by atoms with Gasteiger partial charge in [-0.05, 0) is 32.8 Å². The van der Waals surface area contributed by atoms with Crippen molar-refractivity contribution in [3.05, 3.63) is 35.9 Å². The van der Waals surface area contributed by atoms with Gasteiger partial charge in [0.1, 0.15) is 12.2 Å². The summed E-state index contributed by atoms with van der Waals surface area (Å²) in [6.45, 7) is 5.44. The van der Waals surface area contributed by atoms with Crippen LogP contribution in [0.5, 0.6) is 0 Å². The molecule has 0 aromatic heterocycles. The molecule has 0 amide bonds. The quantitative estimate of drug-likeness (QED) is 0.530. The van der Waals surface area contributed by atoms with E-state index in [2.05, 4.69) is 0 Å². The van der Waals surface area contributed by atoms with Crippen molar-refractivity contribution < 1.29 is 28.6 Å². The van der Waals surface area contributed by atoms with Crippen LogP contribution in [0.1, 0.15) is 45.6 Å². The van der Waals surface area contributed by atoms with E-state index in [1.165, 1.54) is 7.11 Å². The maximum absolute atomic E-state index is 12.0. The van der Waals surface area contributed by atoms with E-state index in [-0.39, 0.29) is 25.9 Å². The molecule has 0 heterocycles. The molecule has 0 radical (unpaired) electrons. The first-order valence-electron chi connectivity index (χ1n) is 8.20. The van der Waals surface area contributed by atoms with Gasteiger partial charge in [-0.3, -0.25) is 14.4 Å². The van der Waals surface area contributed by atoms with Gasteiger partial charge in [0, 0.05) is 6.42 Å². The van der Waals surface area contributed by atoms with Crippen LogP contribution in [-0.4, -0.2) is 30.6 Å². The minimum absolute atomic E-state index is 0.0308. The van der Waals surface area contributed by atoms with Crippen LogP contribution in [-0.2, 0) is 35.2 Å². The zero-order chi connectivity index (χ0) is 18.9. The Labute approximate surface area is 148 Å². The lowest BCUT2D eigenvalue weighted by Crippen LogP contribution is -2.26. The van der Waals surface area contributed by atoms with Crippen molar-refractivity contribution in [1.29, 1.82) is 0 Å². The Bertz CT molecular complexity index is 573. The summed E-state index contributed by atoms with van der Waals surface area (Å²) in [6.07, 6.45) is 0.0628. The molecule has 0 aliphatic rings. The Morgan fingerprint density at radius 1 is 1.04 bits per heavy atom. The Balaban J connectivity index is 2.50. The smallest absolute Gasteiger partial charge is 0.309 e. The third-order valence-corrected chi connectivity index (χ3v) is 3.31. The summed E-state index contributed by atoms with van der Waals surface area (Å²) in [6, 6.07) is 9.25. The molecule has 0 spiro atoms. The lowest BCUT2D eigenvalue weighted by molar-refractivity contribution is -0.158. The number of carbonyl (C=O) groups excluding carboxylic acids is 3. The average molecular weight is 350 g/mol. The Morgan fingerprint density at radius 3 is 2.24 bits per heavy atom. The highest BCUT2D eigenvalue weighted by atomic mass is 16.6. The van der Waals surface area contributed by atoms with Gasteiger partial charge in [0.15, 0.2) is 0 Å². The van der Waals surface area contributed by atoms with Crippen LogP contribution in [0, 0.1) is 5.92 Å². The second kappa shape index (κ2) is 9.81. The summed E-state index contributed by atoms with van der Waals surface area (Å²) in [4.78, 5) is 35.6. The molecule has 0 fully saturated rings. The minimum Gasteiger partial charge on any atom is -0.469 e. The van der Waals surface area contributed by atoms with Crippen LogP contribution in [0.2, 0.25) is 0 Å². The lowest BCUT2D eigenvalue weighted by Gasteiger charge is -2.20. The molecular weight excluding hydrogens is 324 g/mol. The van der Waals surface area contributed by atoms with Crippen molar-refractivity contribution in [2.75, 3.05) is 7.11 Å². The molecule has 1 aromatic carbocycles. The average Bonchev–Trinajstić information content (AvgIpc) is 2.55. The zero-order valence-corrected chi connectivity index (χ0v) is 15.2. The molecule has 0 aliphatic heterocycles. The molecule has 138 valence electrons. The van der Waals surface area contributed by atoms with Gasteiger partial charge in [-0.2, -0.15) is 0 Å². The number of hydrogen-bond donors (Lipinski definition) is 0. The fourth-order valence-corrected chi connectivity index (χ4v) is 2.15. The van der Waals surface area contributed by atoms with Crippen LogP contribution >= 0.6 is 0 Å².